The van der Waals surface area contributed by atoms with Gasteiger partial charge in [0.15, 0.2) is 0 Å². The Bertz CT molecular complexity index is 304. The highest BCUT2D eigenvalue weighted by Gasteiger charge is 2.09. The summed E-state index contributed by atoms with van der Waals surface area (Å²) in [5.74, 6) is 2.05. The van der Waals surface area contributed by atoms with Crippen LogP contribution in [0.15, 0.2) is 15.6 Å². The van der Waals surface area contributed by atoms with Crippen LogP contribution in [0.4, 0.5) is 0 Å². The minimum Gasteiger partial charge on any atom is -0.444 e. The quantitative estimate of drug-likeness (QED) is 0.571. The van der Waals surface area contributed by atoms with Crippen LogP contribution in [0, 0.1) is 6.92 Å². The Morgan fingerprint density at radius 3 is 2.92 bits per heavy atom. The second-order valence-electron chi connectivity index (χ2n) is 2.96. The molecule has 0 amide bonds. The minimum atomic E-state index is -0.0892. The van der Waals surface area contributed by atoms with E-state index in [1.165, 1.54) is 0 Å². The second kappa shape index (κ2) is 4.07. The van der Waals surface area contributed by atoms with Gasteiger partial charge in [-0.3, -0.25) is 4.99 Å². The molecule has 1 atom stereocenters. The van der Waals surface area contributed by atoms with E-state index in [1.807, 2.05) is 20.8 Å². The van der Waals surface area contributed by atoms with Gasteiger partial charge in [0.2, 0.25) is 5.89 Å². The van der Waals surface area contributed by atoms with E-state index >= 15 is 0 Å². The minimum absolute atomic E-state index is 0.0892. The van der Waals surface area contributed by atoms with Crippen LogP contribution in [0.25, 0.3) is 0 Å². The zero-order valence-corrected chi connectivity index (χ0v) is 8.24. The summed E-state index contributed by atoms with van der Waals surface area (Å²) in [5, 5.41) is 0. The molecule has 1 rings (SSSR count). The zero-order valence-electron chi connectivity index (χ0n) is 8.24. The molecular formula is C9H15N3O. The second-order valence-corrected chi connectivity index (χ2v) is 2.96. The number of hydrogen-bond donors (Lipinski definition) is 1. The summed E-state index contributed by atoms with van der Waals surface area (Å²) in [6, 6.07) is -0.0892. The Kier molecular flexibility index (Phi) is 3.06. The standard InChI is InChI=1S/C9H15N3O/c1-4-8(10)12-7(3)9-11-5-6(2)13-9/h5,7H,4H2,1-3H3,(H2,10,12). The number of amidine groups is 1. The summed E-state index contributed by atoms with van der Waals surface area (Å²) in [6.07, 6.45) is 2.44. The first-order chi connectivity index (χ1) is 6.13. The van der Waals surface area contributed by atoms with Gasteiger partial charge < -0.3 is 10.2 Å². The molecule has 4 nitrogen and oxygen atoms in total. The Morgan fingerprint density at radius 2 is 2.46 bits per heavy atom. The average molecular weight is 181 g/mol. The fraction of sp³-hybridized carbons (Fsp3) is 0.556. The zero-order chi connectivity index (χ0) is 9.84. The molecule has 0 fully saturated rings. The van der Waals surface area contributed by atoms with E-state index < -0.39 is 0 Å². The summed E-state index contributed by atoms with van der Waals surface area (Å²) >= 11 is 0. The summed E-state index contributed by atoms with van der Waals surface area (Å²) in [7, 11) is 0. The maximum Gasteiger partial charge on any atom is 0.218 e. The topological polar surface area (TPSA) is 64.4 Å². The summed E-state index contributed by atoms with van der Waals surface area (Å²) in [5.41, 5.74) is 5.60. The van der Waals surface area contributed by atoms with Crippen LogP contribution in [0.5, 0.6) is 0 Å². The number of aromatic nitrogens is 1. The molecule has 0 saturated carbocycles. The summed E-state index contributed by atoms with van der Waals surface area (Å²) < 4.78 is 5.32. The van der Waals surface area contributed by atoms with Crippen molar-refractivity contribution in [1.29, 1.82) is 0 Å². The van der Waals surface area contributed by atoms with E-state index in [1.54, 1.807) is 6.20 Å². The fourth-order valence-corrected chi connectivity index (χ4v) is 0.961. The number of oxazole rings is 1. The van der Waals surface area contributed by atoms with Crippen molar-refractivity contribution >= 4 is 5.84 Å². The van der Waals surface area contributed by atoms with Gasteiger partial charge in [0, 0.05) is 6.42 Å². The van der Waals surface area contributed by atoms with E-state index in [-0.39, 0.29) is 6.04 Å². The highest BCUT2D eigenvalue weighted by molar-refractivity contribution is 5.80. The molecule has 4 heteroatoms. The van der Waals surface area contributed by atoms with Crippen molar-refractivity contribution < 1.29 is 4.42 Å². The Morgan fingerprint density at radius 1 is 1.77 bits per heavy atom. The normalized spacial score (nSPS) is 14.5. The molecule has 0 aliphatic carbocycles. The maximum absolute atomic E-state index is 5.60. The molecule has 0 aromatic carbocycles. The third-order valence-electron chi connectivity index (χ3n) is 1.72. The smallest absolute Gasteiger partial charge is 0.218 e. The first-order valence-corrected chi connectivity index (χ1v) is 4.38. The van der Waals surface area contributed by atoms with Crippen molar-refractivity contribution in [3.63, 3.8) is 0 Å². The third kappa shape index (κ3) is 2.57. The van der Waals surface area contributed by atoms with Crippen molar-refractivity contribution in [1.82, 2.24) is 4.98 Å². The van der Waals surface area contributed by atoms with Gasteiger partial charge in [0.1, 0.15) is 11.8 Å². The molecule has 13 heavy (non-hydrogen) atoms. The van der Waals surface area contributed by atoms with Crippen LogP contribution in [0.2, 0.25) is 0 Å². The van der Waals surface area contributed by atoms with Gasteiger partial charge in [-0.05, 0) is 13.8 Å². The lowest BCUT2D eigenvalue weighted by atomic mass is 10.3. The lowest BCUT2D eigenvalue weighted by Gasteiger charge is -2.02. The predicted octanol–water partition coefficient (Wildman–Crippen LogP) is 1.81. The van der Waals surface area contributed by atoms with Gasteiger partial charge in [-0.2, -0.15) is 0 Å². The highest BCUT2D eigenvalue weighted by Crippen LogP contribution is 2.15. The molecule has 1 unspecified atom stereocenters. The SMILES string of the molecule is CCC(N)=NC(C)c1ncc(C)o1. The lowest BCUT2D eigenvalue weighted by Crippen LogP contribution is -2.11. The predicted molar refractivity (Wildman–Crippen MR) is 51.6 cm³/mol. The van der Waals surface area contributed by atoms with Crippen molar-refractivity contribution in [2.45, 2.75) is 33.2 Å². The van der Waals surface area contributed by atoms with E-state index in [4.69, 9.17) is 10.2 Å². The molecule has 0 spiro atoms. The van der Waals surface area contributed by atoms with Gasteiger partial charge in [-0.25, -0.2) is 4.98 Å². The van der Waals surface area contributed by atoms with Gasteiger partial charge in [0.25, 0.3) is 0 Å². The lowest BCUT2D eigenvalue weighted by molar-refractivity contribution is 0.444. The molecule has 1 aromatic heterocycles. The molecule has 72 valence electrons. The Balaban J connectivity index is 2.74. The molecular weight excluding hydrogens is 166 g/mol. The van der Waals surface area contributed by atoms with E-state index in [0.717, 1.165) is 12.2 Å². The van der Waals surface area contributed by atoms with E-state index in [9.17, 15) is 0 Å². The van der Waals surface area contributed by atoms with Crippen molar-refractivity contribution in [3.05, 3.63) is 17.8 Å². The fourth-order valence-electron chi connectivity index (χ4n) is 0.961. The molecule has 0 radical (unpaired) electrons. The first kappa shape index (κ1) is 9.77. The average Bonchev–Trinajstić information content (AvgIpc) is 2.51. The Labute approximate surface area is 77.9 Å². The molecule has 1 aromatic rings. The first-order valence-electron chi connectivity index (χ1n) is 4.38. The molecule has 1 heterocycles. The van der Waals surface area contributed by atoms with Crippen LogP contribution in [0.1, 0.15) is 38.0 Å². The molecule has 2 N–H and O–H groups in total. The van der Waals surface area contributed by atoms with E-state index in [2.05, 4.69) is 9.98 Å². The maximum atomic E-state index is 5.60. The number of nitrogens with two attached hydrogens (primary N) is 1. The van der Waals surface area contributed by atoms with Gasteiger partial charge in [-0.1, -0.05) is 6.92 Å². The summed E-state index contributed by atoms with van der Waals surface area (Å²) in [4.78, 5) is 8.29. The van der Waals surface area contributed by atoms with Gasteiger partial charge in [-0.15, -0.1) is 0 Å². The van der Waals surface area contributed by atoms with Crippen LogP contribution < -0.4 is 5.73 Å². The van der Waals surface area contributed by atoms with Gasteiger partial charge in [0.05, 0.1) is 12.0 Å². The number of hydrogen-bond acceptors (Lipinski definition) is 3. The Hall–Kier alpha value is -1.32. The largest absolute Gasteiger partial charge is 0.444 e. The molecule has 0 bridgehead atoms. The van der Waals surface area contributed by atoms with Crippen molar-refractivity contribution in [2.24, 2.45) is 10.7 Å². The van der Waals surface area contributed by atoms with Crippen LogP contribution in [-0.4, -0.2) is 10.8 Å². The molecule has 0 saturated heterocycles. The number of rotatable bonds is 3. The molecule has 0 aliphatic heterocycles. The molecule has 0 aliphatic rings. The monoisotopic (exact) mass is 181 g/mol. The number of aryl methyl sites for hydroxylation is 1. The number of aliphatic imine (C=N–C) groups is 1. The van der Waals surface area contributed by atoms with E-state index in [0.29, 0.717) is 11.7 Å². The van der Waals surface area contributed by atoms with Crippen molar-refractivity contribution in [2.75, 3.05) is 0 Å². The van der Waals surface area contributed by atoms with Crippen LogP contribution in [-0.2, 0) is 0 Å². The van der Waals surface area contributed by atoms with Crippen LogP contribution >= 0.6 is 0 Å². The number of nitrogens with zero attached hydrogens (tertiary/aromatic N) is 2. The van der Waals surface area contributed by atoms with Crippen molar-refractivity contribution in [3.8, 4) is 0 Å². The van der Waals surface area contributed by atoms with Gasteiger partial charge >= 0.3 is 0 Å². The highest BCUT2D eigenvalue weighted by atomic mass is 16.4. The van der Waals surface area contributed by atoms with Crippen LogP contribution in [0.3, 0.4) is 0 Å². The third-order valence-corrected chi connectivity index (χ3v) is 1.72. The summed E-state index contributed by atoms with van der Waals surface area (Å²) in [6.45, 7) is 5.73.